The van der Waals surface area contributed by atoms with E-state index in [9.17, 15) is 0 Å². The predicted molar refractivity (Wildman–Crippen MR) is 113 cm³/mol. The maximum atomic E-state index is 6.26. The summed E-state index contributed by atoms with van der Waals surface area (Å²) in [4.78, 5) is 0. The fourth-order valence-electron chi connectivity index (χ4n) is 6.63. The summed E-state index contributed by atoms with van der Waals surface area (Å²) in [6.45, 7) is 3.19. The number of halogens is 1. The molecule has 1 N–H and O–H groups in total. The zero-order valence-corrected chi connectivity index (χ0v) is 17.6. The molecule has 1 atom stereocenters. The van der Waals surface area contributed by atoms with Crippen molar-refractivity contribution < 1.29 is 9.15 Å². The summed E-state index contributed by atoms with van der Waals surface area (Å²) in [5, 5.41) is 4.41. The average molecular weight is 400 g/mol. The monoisotopic (exact) mass is 399 g/mol. The van der Waals surface area contributed by atoms with Gasteiger partial charge in [0.25, 0.3) is 0 Å². The van der Waals surface area contributed by atoms with Gasteiger partial charge in [0.15, 0.2) is 0 Å². The third kappa shape index (κ3) is 3.27. The third-order valence-electron chi connectivity index (χ3n) is 7.68. The summed E-state index contributed by atoms with van der Waals surface area (Å²) in [6, 6.07) is 10.4. The lowest BCUT2D eigenvalue weighted by Gasteiger charge is -2.59. The fourth-order valence-corrected chi connectivity index (χ4v) is 6.88. The Kier molecular flexibility index (Phi) is 4.71. The Hall–Kier alpha value is -1.45. The van der Waals surface area contributed by atoms with Crippen LogP contribution in [0.4, 0.5) is 0 Å². The molecular weight excluding hydrogens is 370 g/mol. The molecule has 0 radical (unpaired) electrons. The van der Waals surface area contributed by atoms with E-state index in [2.05, 4.69) is 18.3 Å². The Morgan fingerprint density at radius 3 is 2.39 bits per heavy atom. The van der Waals surface area contributed by atoms with Crippen LogP contribution in [0, 0.1) is 23.2 Å². The van der Waals surface area contributed by atoms with E-state index < -0.39 is 0 Å². The SMILES string of the molecule is COc1ccc(-c2ccc(CN[C@@H](C)C34CC5CC(CC(C5)C3)C4)o2)cc1Cl. The van der Waals surface area contributed by atoms with Gasteiger partial charge in [-0.05, 0) is 98.9 Å². The fraction of sp³-hybridized carbons (Fsp3) is 0.583. The quantitative estimate of drug-likeness (QED) is 0.618. The predicted octanol–water partition coefficient (Wildman–Crippen LogP) is 6.30. The molecule has 0 saturated heterocycles. The Labute approximate surface area is 172 Å². The number of hydrogen-bond donors (Lipinski definition) is 1. The van der Waals surface area contributed by atoms with Gasteiger partial charge in [0.1, 0.15) is 17.3 Å². The molecule has 4 heteroatoms. The molecule has 4 aliphatic rings. The van der Waals surface area contributed by atoms with Crippen LogP contribution in [0.15, 0.2) is 34.7 Å². The minimum atomic E-state index is 0.522. The van der Waals surface area contributed by atoms with Gasteiger partial charge in [-0.3, -0.25) is 0 Å². The van der Waals surface area contributed by atoms with Crippen molar-refractivity contribution >= 4 is 11.6 Å². The van der Waals surface area contributed by atoms with Crippen molar-refractivity contribution in [3.63, 3.8) is 0 Å². The van der Waals surface area contributed by atoms with Crippen molar-refractivity contribution in [2.75, 3.05) is 7.11 Å². The first kappa shape index (κ1) is 18.6. The first-order chi connectivity index (χ1) is 13.5. The highest BCUT2D eigenvalue weighted by Crippen LogP contribution is 2.61. The number of rotatable bonds is 6. The summed E-state index contributed by atoms with van der Waals surface area (Å²) < 4.78 is 11.3. The Morgan fingerprint density at radius 2 is 1.79 bits per heavy atom. The highest BCUT2D eigenvalue weighted by molar-refractivity contribution is 6.32. The van der Waals surface area contributed by atoms with Crippen molar-refractivity contribution in [3.05, 3.63) is 41.1 Å². The molecule has 0 unspecified atom stereocenters. The number of ether oxygens (including phenoxy) is 1. The van der Waals surface area contributed by atoms with Crippen LogP contribution < -0.4 is 10.1 Å². The van der Waals surface area contributed by atoms with E-state index in [1.165, 1.54) is 38.5 Å². The van der Waals surface area contributed by atoms with Crippen molar-refractivity contribution in [2.24, 2.45) is 23.2 Å². The van der Waals surface area contributed by atoms with E-state index in [0.29, 0.717) is 22.2 Å². The van der Waals surface area contributed by atoms with Gasteiger partial charge in [-0.1, -0.05) is 11.6 Å². The second-order valence-electron chi connectivity index (χ2n) is 9.50. The number of methoxy groups -OCH3 is 1. The van der Waals surface area contributed by atoms with Gasteiger partial charge >= 0.3 is 0 Å². The zero-order valence-electron chi connectivity index (χ0n) is 16.8. The topological polar surface area (TPSA) is 34.4 Å². The molecular formula is C24H30ClNO2. The molecule has 1 aromatic carbocycles. The van der Waals surface area contributed by atoms with Crippen molar-refractivity contribution in [3.8, 4) is 17.1 Å². The lowest BCUT2D eigenvalue weighted by atomic mass is 9.48. The third-order valence-corrected chi connectivity index (χ3v) is 7.98. The molecule has 0 spiro atoms. The first-order valence-electron chi connectivity index (χ1n) is 10.7. The number of hydrogen-bond acceptors (Lipinski definition) is 3. The van der Waals surface area contributed by atoms with Crippen LogP contribution in [-0.2, 0) is 6.54 Å². The van der Waals surface area contributed by atoms with Gasteiger partial charge in [-0.15, -0.1) is 0 Å². The lowest BCUT2D eigenvalue weighted by Crippen LogP contribution is -2.54. The second-order valence-corrected chi connectivity index (χ2v) is 9.91. The van der Waals surface area contributed by atoms with Crippen LogP contribution in [0.25, 0.3) is 11.3 Å². The smallest absolute Gasteiger partial charge is 0.137 e. The van der Waals surface area contributed by atoms with Gasteiger partial charge in [0.2, 0.25) is 0 Å². The Bertz CT molecular complexity index is 823. The van der Waals surface area contributed by atoms with Crippen LogP contribution in [0.5, 0.6) is 5.75 Å². The maximum absolute atomic E-state index is 6.26. The van der Waals surface area contributed by atoms with Crippen LogP contribution in [0.3, 0.4) is 0 Å². The summed E-state index contributed by atoms with van der Waals surface area (Å²) >= 11 is 6.26. The van der Waals surface area contributed by atoms with Gasteiger partial charge in [-0.25, -0.2) is 0 Å². The van der Waals surface area contributed by atoms with Crippen molar-refractivity contribution in [1.29, 1.82) is 0 Å². The van der Waals surface area contributed by atoms with Gasteiger partial charge in [0.05, 0.1) is 18.7 Å². The van der Waals surface area contributed by atoms with Crippen LogP contribution in [0.2, 0.25) is 5.02 Å². The number of furan rings is 1. The van der Waals surface area contributed by atoms with Crippen molar-refractivity contribution in [2.45, 2.75) is 58.0 Å². The van der Waals surface area contributed by atoms with Gasteiger partial charge in [0, 0.05) is 11.6 Å². The van der Waals surface area contributed by atoms with E-state index in [1.807, 2.05) is 24.3 Å². The molecule has 1 aromatic heterocycles. The number of nitrogens with one attached hydrogen (secondary N) is 1. The molecule has 1 heterocycles. The van der Waals surface area contributed by atoms with E-state index in [4.69, 9.17) is 20.8 Å². The molecule has 4 bridgehead atoms. The number of benzene rings is 1. The molecule has 28 heavy (non-hydrogen) atoms. The maximum Gasteiger partial charge on any atom is 0.137 e. The van der Waals surface area contributed by atoms with Crippen LogP contribution in [0.1, 0.15) is 51.2 Å². The van der Waals surface area contributed by atoms with E-state index in [0.717, 1.165) is 41.4 Å². The second kappa shape index (κ2) is 7.11. The average Bonchev–Trinajstić information content (AvgIpc) is 3.14. The zero-order chi connectivity index (χ0) is 19.3. The minimum absolute atomic E-state index is 0.522. The summed E-state index contributed by atoms with van der Waals surface area (Å²) in [5.41, 5.74) is 1.50. The summed E-state index contributed by atoms with van der Waals surface area (Å²) in [5.74, 6) is 5.49. The standard InChI is InChI=1S/C24H30ClNO2/c1-15(24-11-16-7-17(12-24)9-18(8-16)13-24)26-14-20-4-6-22(28-20)19-3-5-23(27-2)21(25)10-19/h3-6,10,15-18,26H,7-9,11-14H2,1-2H3/t15-,16?,17?,18?,24?/m0/s1. The van der Waals surface area contributed by atoms with Crippen molar-refractivity contribution in [1.82, 2.24) is 5.32 Å². The van der Waals surface area contributed by atoms with E-state index in [-0.39, 0.29) is 0 Å². The largest absolute Gasteiger partial charge is 0.495 e. The molecule has 4 saturated carbocycles. The van der Waals surface area contributed by atoms with Crippen LogP contribution in [-0.4, -0.2) is 13.2 Å². The molecule has 0 amide bonds. The molecule has 0 aliphatic heterocycles. The molecule has 6 rings (SSSR count). The van der Waals surface area contributed by atoms with E-state index in [1.54, 1.807) is 7.11 Å². The normalized spacial score (nSPS) is 31.9. The highest BCUT2D eigenvalue weighted by Gasteiger charge is 2.52. The summed E-state index contributed by atoms with van der Waals surface area (Å²) in [7, 11) is 1.63. The Morgan fingerprint density at radius 1 is 1.11 bits per heavy atom. The van der Waals surface area contributed by atoms with E-state index >= 15 is 0 Å². The molecule has 3 nitrogen and oxygen atoms in total. The lowest BCUT2D eigenvalue weighted by molar-refractivity contribution is -0.0708. The van der Waals surface area contributed by atoms with Gasteiger partial charge < -0.3 is 14.5 Å². The summed E-state index contributed by atoms with van der Waals surface area (Å²) in [6.07, 6.45) is 8.79. The minimum Gasteiger partial charge on any atom is -0.495 e. The molecule has 4 fully saturated rings. The van der Waals surface area contributed by atoms with Gasteiger partial charge in [-0.2, -0.15) is 0 Å². The van der Waals surface area contributed by atoms with Crippen LogP contribution >= 0.6 is 11.6 Å². The Balaban J connectivity index is 1.25. The highest BCUT2D eigenvalue weighted by atomic mass is 35.5. The first-order valence-corrected chi connectivity index (χ1v) is 11.1. The molecule has 2 aromatic rings. The molecule has 150 valence electrons. The molecule has 4 aliphatic carbocycles.